The molecule has 0 aliphatic heterocycles. The zero-order valence-electron chi connectivity index (χ0n) is 9.05. The first-order valence-corrected chi connectivity index (χ1v) is 5.80. The van der Waals surface area contributed by atoms with Gasteiger partial charge in [-0.3, -0.25) is 0 Å². The Bertz CT molecular complexity index is 474. The van der Waals surface area contributed by atoms with E-state index in [0.29, 0.717) is 11.3 Å². The first-order chi connectivity index (χ1) is 8.14. The minimum absolute atomic E-state index is 0.252. The van der Waals surface area contributed by atoms with Crippen LogP contribution >= 0.6 is 0 Å². The number of aromatic nitrogens is 3. The average molecular weight is 254 g/mol. The molecule has 2 aromatic rings. The van der Waals surface area contributed by atoms with Gasteiger partial charge in [0.25, 0.3) is 0 Å². The minimum atomic E-state index is -1.14. The summed E-state index contributed by atoms with van der Waals surface area (Å²) in [7, 11) is 0. The van der Waals surface area contributed by atoms with Gasteiger partial charge in [0.15, 0.2) is 5.60 Å². The van der Waals surface area contributed by atoms with Crippen molar-refractivity contribution in [1.29, 1.82) is 0 Å². The number of benzene rings is 1. The highest BCUT2D eigenvalue weighted by Crippen LogP contribution is 2.23. The smallest absolute Gasteiger partial charge is 0.153 e. The van der Waals surface area contributed by atoms with E-state index in [9.17, 15) is 9.50 Å². The fourth-order valence-electron chi connectivity index (χ4n) is 1.59. The van der Waals surface area contributed by atoms with Crippen molar-refractivity contribution >= 4 is 12.6 Å². The summed E-state index contributed by atoms with van der Waals surface area (Å²) < 4.78 is 14.4. The van der Waals surface area contributed by atoms with Gasteiger partial charge in [-0.1, -0.05) is 12.1 Å². The topological polar surface area (TPSA) is 50.9 Å². The summed E-state index contributed by atoms with van der Waals surface area (Å²) in [5.74, 6) is -0.01000. The highest BCUT2D eigenvalue weighted by molar-refractivity contribution is 7.58. The number of halogens is 1. The third-order valence-corrected chi connectivity index (χ3v) is 3.15. The third kappa shape index (κ3) is 2.65. The van der Waals surface area contributed by atoms with Gasteiger partial charge >= 0.3 is 0 Å². The molecule has 0 aliphatic rings. The van der Waals surface area contributed by atoms with Crippen LogP contribution in [-0.4, -0.2) is 25.6 Å². The van der Waals surface area contributed by atoms with Crippen LogP contribution in [0, 0.1) is 5.82 Å². The Labute approximate surface area is 104 Å². The zero-order valence-corrected chi connectivity index (χ0v) is 10.0. The molecule has 0 spiro atoms. The van der Waals surface area contributed by atoms with Gasteiger partial charge in [0, 0.05) is 0 Å². The number of hydrogen-bond acceptors (Lipinski definition) is 3. The lowest BCUT2D eigenvalue weighted by Crippen LogP contribution is -2.34. The quantitative estimate of drug-likeness (QED) is 0.799. The van der Waals surface area contributed by atoms with Gasteiger partial charge in [-0.2, -0.15) is 5.10 Å². The molecular formula is C11H13FN3OS+. The summed E-state index contributed by atoms with van der Waals surface area (Å²) in [6, 6.07) is 5.77. The van der Waals surface area contributed by atoms with Crippen LogP contribution < -0.4 is 0 Å². The molecule has 6 heteroatoms. The maximum absolute atomic E-state index is 12.8. The lowest BCUT2D eigenvalue weighted by Gasteiger charge is -2.23. The predicted molar refractivity (Wildman–Crippen MR) is 65.3 cm³/mol. The Morgan fingerprint density at radius 3 is 2.59 bits per heavy atom. The standard InChI is InChI=1S/C11H12FN3OS/c12-10-3-1-9(2-4-10)11(16,6-17)5-15-8-13-7-14-15/h1-4,7-8,16-17H,5-6H2/p+1. The van der Waals surface area contributed by atoms with E-state index in [1.54, 1.807) is 12.1 Å². The second-order valence-corrected chi connectivity index (χ2v) is 4.16. The molecule has 1 unspecified atom stereocenters. The molecule has 1 heterocycles. The summed E-state index contributed by atoms with van der Waals surface area (Å²) >= 11 is 3.32. The van der Waals surface area contributed by atoms with E-state index < -0.39 is 5.60 Å². The molecule has 1 N–H and O–H groups in total. The average Bonchev–Trinajstić information content (AvgIpc) is 2.82. The summed E-state index contributed by atoms with van der Waals surface area (Å²) in [6.45, 7) is 0.252. The van der Waals surface area contributed by atoms with E-state index in [1.807, 2.05) is 0 Å². The Kier molecular flexibility index (Phi) is 3.44. The van der Waals surface area contributed by atoms with Crippen molar-refractivity contribution in [3.63, 3.8) is 0 Å². The second-order valence-electron chi connectivity index (χ2n) is 3.81. The first kappa shape index (κ1) is 12.1. The van der Waals surface area contributed by atoms with Gasteiger partial charge in [-0.25, -0.2) is 14.1 Å². The molecule has 90 valence electrons. The van der Waals surface area contributed by atoms with Crippen molar-refractivity contribution in [2.24, 2.45) is 0 Å². The maximum atomic E-state index is 12.8. The monoisotopic (exact) mass is 254 g/mol. The molecule has 1 aromatic heterocycles. The van der Waals surface area contributed by atoms with Crippen molar-refractivity contribution in [1.82, 2.24) is 14.8 Å². The van der Waals surface area contributed by atoms with Crippen LogP contribution in [0.15, 0.2) is 36.9 Å². The lowest BCUT2D eigenvalue weighted by molar-refractivity contribution is 0.0398. The Balaban J connectivity index is 2.27. The summed E-state index contributed by atoms with van der Waals surface area (Å²) in [6.07, 6.45) is 2.93. The normalized spacial score (nSPS) is 14.5. The first-order valence-electron chi connectivity index (χ1n) is 5.09. The van der Waals surface area contributed by atoms with E-state index in [-0.39, 0.29) is 12.4 Å². The molecular weight excluding hydrogens is 241 g/mol. The highest BCUT2D eigenvalue weighted by Gasteiger charge is 2.31. The Hall–Kier alpha value is -1.40. The van der Waals surface area contributed by atoms with E-state index in [1.165, 1.54) is 29.5 Å². The maximum Gasteiger partial charge on any atom is 0.153 e. The van der Waals surface area contributed by atoms with Gasteiger partial charge in [0.05, 0.1) is 6.54 Å². The minimum Gasteiger partial charge on any atom is -0.378 e. The molecule has 0 bridgehead atoms. The summed E-state index contributed by atoms with van der Waals surface area (Å²) in [4.78, 5) is 3.81. The van der Waals surface area contributed by atoms with E-state index in [2.05, 4.69) is 22.7 Å². The molecule has 0 amide bonds. The third-order valence-electron chi connectivity index (χ3n) is 2.56. The Morgan fingerprint density at radius 2 is 2.06 bits per heavy atom. The molecule has 0 aliphatic carbocycles. The van der Waals surface area contributed by atoms with Gasteiger partial charge < -0.3 is 5.11 Å². The number of hydrogen-bond donors (Lipinski definition) is 1. The van der Waals surface area contributed by atoms with Crippen LogP contribution in [0.4, 0.5) is 4.39 Å². The molecule has 17 heavy (non-hydrogen) atoms. The molecule has 4 nitrogen and oxygen atoms in total. The van der Waals surface area contributed by atoms with Crippen LogP contribution in [-0.2, 0) is 24.8 Å². The molecule has 0 saturated carbocycles. The predicted octanol–water partition coefficient (Wildman–Crippen LogP) is 0.317. The van der Waals surface area contributed by atoms with E-state index in [4.69, 9.17) is 0 Å². The SMILES string of the molecule is OC(C[SH2+])(Cn1cncn1)c1ccc(F)cc1. The van der Waals surface area contributed by atoms with Crippen LogP contribution in [0.25, 0.3) is 0 Å². The number of aliphatic hydroxyl groups is 1. The van der Waals surface area contributed by atoms with Gasteiger partial charge in [0.2, 0.25) is 0 Å². The van der Waals surface area contributed by atoms with Gasteiger partial charge in [-0.15, -0.1) is 0 Å². The largest absolute Gasteiger partial charge is 0.378 e. The molecule has 2 rings (SSSR count). The fourth-order valence-corrected chi connectivity index (χ4v) is 1.91. The summed E-state index contributed by atoms with van der Waals surface area (Å²) in [5.41, 5.74) is -0.512. The van der Waals surface area contributed by atoms with Crippen molar-refractivity contribution in [2.75, 3.05) is 5.75 Å². The lowest BCUT2D eigenvalue weighted by atomic mass is 9.96. The molecule has 1 aromatic carbocycles. The number of nitrogens with zero attached hydrogens (tertiary/aromatic N) is 3. The molecule has 0 radical (unpaired) electrons. The van der Waals surface area contributed by atoms with Crippen molar-refractivity contribution in [3.8, 4) is 0 Å². The molecule has 0 saturated heterocycles. The second kappa shape index (κ2) is 4.85. The van der Waals surface area contributed by atoms with E-state index >= 15 is 0 Å². The molecule has 0 fully saturated rings. The van der Waals surface area contributed by atoms with E-state index in [0.717, 1.165) is 0 Å². The molecule has 1 atom stereocenters. The number of rotatable bonds is 4. The fraction of sp³-hybridized carbons (Fsp3) is 0.273. The summed E-state index contributed by atoms with van der Waals surface area (Å²) in [5, 5.41) is 14.4. The van der Waals surface area contributed by atoms with Crippen LogP contribution in [0.1, 0.15) is 5.56 Å². The van der Waals surface area contributed by atoms with Crippen molar-refractivity contribution in [2.45, 2.75) is 12.1 Å². The van der Waals surface area contributed by atoms with Gasteiger partial charge in [-0.05, 0) is 30.3 Å². The van der Waals surface area contributed by atoms with Gasteiger partial charge in [0.1, 0.15) is 24.2 Å². The van der Waals surface area contributed by atoms with Crippen LogP contribution in [0.5, 0.6) is 0 Å². The van der Waals surface area contributed by atoms with Crippen molar-refractivity contribution < 1.29 is 9.50 Å². The Morgan fingerprint density at radius 1 is 1.35 bits per heavy atom. The van der Waals surface area contributed by atoms with Crippen LogP contribution in [0.2, 0.25) is 0 Å². The van der Waals surface area contributed by atoms with Crippen molar-refractivity contribution in [3.05, 3.63) is 48.3 Å². The highest BCUT2D eigenvalue weighted by atomic mass is 32.1. The zero-order chi connectivity index (χ0) is 12.3. The van der Waals surface area contributed by atoms with Crippen LogP contribution in [0.3, 0.4) is 0 Å².